The maximum atomic E-state index is 12.0. The fourth-order valence-corrected chi connectivity index (χ4v) is 2.29. The lowest BCUT2D eigenvalue weighted by atomic mass is 10.2. The van der Waals surface area contributed by atoms with Gasteiger partial charge in [-0.2, -0.15) is 0 Å². The number of carbonyl (C=O) groups excluding carboxylic acids is 1. The smallest absolute Gasteiger partial charge is 0.251 e. The fraction of sp³-hybridized carbons (Fsp3) is 0.200. The lowest BCUT2D eigenvalue weighted by molar-refractivity contribution is 0.0950. The van der Waals surface area contributed by atoms with Gasteiger partial charge in [-0.05, 0) is 43.3 Å². The van der Waals surface area contributed by atoms with Crippen molar-refractivity contribution in [3.05, 3.63) is 59.4 Å². The molecule has 2 aromatic rings. The van der Waals surface area contributed by atoms with Gasteiger partial charge in [0.15, 0.2) is 0 Å². The molecule has 1 N–H and O–H groups in total. The molecule has 0 fully saturated rings. The van der Waals surface area contributed by atoms with E-state index in [0.717, 1.165) is 11.4 Å². The molecule has 20 heavy (non-hydrogen) atoms. The summed E-state index contributed by atoms with van der Waals surface area (Å²) in [7, 11) is -1.03. The highest BCUT2D eigenvalue weighted by Crippen LogP contribution is 2.08. The minimum atomic E-state index is -1.03. The van der Waals surface area contributed by atoms with Gasteiger partial charge in [-0.3, -0.25) is 14.0 Å². The van der Waals surface area contributed by atoms with Crippen LogP contribution in [0.2, 0.25) is 0 Å². The van der Waals surface area contributed by atoms with Crippen molar-refractivity contribution in [3.63, 3.8) is 0 Å². The van der Waals surface area contributed by atoms with E-state index in [-0.39, 0.29) is 5.91 Å². The molecule has 0 aliphatic heterocycles. The molecule has 5 heteroatoms. The number of pyridine rings is 1. The number of nitrogens with one attached hydrogen (secondary N) is 1. The highest BCUT2D eigenvalue weighted by molar-refractivity contribution is 7.84. The number of rotatable bonds is 4. The fourth-order valence-electron chi connectivity index (χ4n) is 1.77. The number of benzene rings is 1. The lowest BCUT2D eigenvalue weighted by Crippen LogP contribution is -2.23. The van der Waals surface area contributed by atoms with E-state index in [1.165, 1.54) is 0 Å². The zero-order valence-electron chi connectivity index (χ0n) is 11.4. The van der Waals surface area contributed by atoms with E-state index in [9.17, 15) is 9.00 Å². The van der Waals surface area contributed by atoms with Gasteiger partial charge < -0.3 is 5.32 Å². The summed E-state index contributed by atoms with van der Waals surface area (Å²) < 4.78 is 11.3. The molecule has 1 aromatic heterocycles. The third kappa shape index (κ3) is 3.74. The average Bonchev–Trinajstić information content (AvgIpc) is 2.45. The Morgan fingerprint density at radius 2 is 1.90 bits per heavy atom. The standard InChI is InChI=1S/C15H16N2O2S/c1-11-4-3-5-13(17-11)10-16-15(18)12-6-8-14(9-7-12)20(2)19/h3-9H,10H2,1-2H3,(H,16,18). The minimum absolute atomic E-state index is 0.165. The van der Waals surface area contributed by atoms with Crippen LogP contribution in [0.3, 0.4) is 0 Å². The van der Waals surface area contributed by atoms with E-state index in [1.807, 2.05) is 25.1 Å². The van der Waals surface area contributed by atoms with Crippen LogP contribution in [0.5, 0.6) is 0 Å². The van der Waals surface area contributed by atoms with Crippen LogP contribution in [-0.2, 0) is 17.3 Å². The number of aryl methyl sites for hydroxylation is 1. The van der Waals surface area contributed by atoms with Gasteiger partial charge in [-0.15, -0.1) is 0 Å². The van der Waals surface area contributed by atoms with Crippen LogP contribution in [0.4, 0.5) is 0 Å². The number of carbonyl (C=O) groups is 1. The number of hydrogen-bond donors (Lipinski definition) is 1. The highest BCUT2D eigenvalue weighted by Gasteiger charge is 2.06. The third-order valence-electron chi connectivity index (χ3n) is 2.82. The van der Waals surface area contributed by atoms with Crippen molar-refractivity contribution < 1.29 is 9.00 Å². The van der Waals surface area contributed by atoms with Crippen LogP contribution < -0.4 is 5.32 Å². The van der Waals surface area contributed by atoms with Crippen LogP contribution in [0.25, 0.3) is 0 Å². The lowest BCUT2D eigenvalue weighted by Gasteiger charge is -2.06. The Kier molecular flexibility index (Phi) is 4.63. The summed E-state index contributed by atoms with van der Waals surface area (Å²) in [6.07, 6.45) is 1.61. The molecule has 1 amide bonds. The summed E-state index contributed by atoms with van der Waals surface area (Å²) in [5, 5.41) is 2.81. The third-order valence-corrected chi connectivity index (χ3v) is 3.76. The predicted molar refractivity (Wildman–Crippen MR) is 78.9 cm³/mol. The van der Waals surface area contributed by atoms with Crippen LogP contribution in [0, 0.1) is 6.92 Å². The molecule has 0 aliphatic carbocycles. The second kappa shape index (κ2) is 6.43. The molecule has 4 nitrogen and oxygen atoms in total. The summed E-state index contributed by atoms with van der Waals surface area (Å²) >= 11 is 0. The summed E-state index contributed by atoms with van der Waals surface area (Å²) in [6.45, 7) is 2.30. The monoisotopic (exact) mass is 288 g/mol. The van der Waals surface area contributed by atoms with E-state index in [1.54, 1.807) is 30.5 Å². The first kappa shape index (κ1) is 14.4. The van der Waals surface area contributed by atoms with Crippen molar-refractivity contribution in [2.45, 2.75) is 18.4 Å². The molecule has 104 valence electrons. The minimum Gasteiger partial charge on any atom is -0.346 e. The molecule has 1 aromatic carbocycles. The molecule has 1 unspecified atom stereocenters. The molecule has 2 rings (SSSR count). The first-order valence-corrected chi connectivity index (χ1v) is 7.76. The van der Waals surface area contributed by atoms with Crippen molar-refractivity contribution in [1.29, 1.82) is 0 Å². The number of nitrogens with zero attached hydrogens (tertiary/aromatic N) is 1. The zero-order chi connectivity index (χ0) is 14.5. The Balaban J connectivity index is 1.99. The molecular weight excluding hydrogens is 272 g/mol. The van der Waals surface area contributed by atoms with Gasteiger partial charge in [0.1, 0.15) is 0 Å². The van der Waals surface area contributed by atoms with Crippen LogP contribution in [0.15, 0.2) is 47.4 Å². The highest BCUT2D eigenvalue weighted by atomic mass is 32.2. The second-order valence-corrected chi connectivity index (χ2v) is 5.81. The summed E-state index contributed by atoms with van der Waals surface area (Å²) in [6, 6.07) is 12.5. The Morgan fingerprint density at radius 3 is 2.50 bits per heavy atom. The van der Waals surface area contributed by atoms with E-state index >= 15 is 0 Å². The Labute approximate surface area is 120 Å². The topological polar surface area (TPSA) is 59.1 Å². The van der Waals surface area contributed by atoms with Crippen molar-refractivity contribution in [2.24, 2.45) is 0 Å². The second-order valence-electron chi connectivity index (χ2n) is 4.43. The Hall–Kier alpha value is -2.01. The normalized spacial score (nSPS) is 11.9. The summed E-state index contributed by atoms with van der Waals surface area (Å²) in [4.78, 5) is 17.0. The van der Waals surface area contributed by atoms with Crippen molar-refractivity contribution in [3.8, 4) is 0 Å². The first-order chi connectivity index (χ1) is 9.56. The quantitative estimate of drug-likeness (QED) is 0.937. The average molecular weight is 288 g/mol. The zero-order valence-corrected chi connectivity index (χ0v) is 12.2. The molecule has 0 saturated carbocycles. The molecule has 0 aliphatic rings. The van der Waals surface area contributed by atoms with Crippen LogP contribution >= 0.6 is 0 Å². The van der Waals surface area contributed by atoms with Crippen molar-refractivity contribution in [2.75, 3.05) is 6.26 Å². The number of aromatic nitrogens is 1. The summed E-state index contributed by atoms with van der Waals surface area (Å²) in [5.74, 6) is -0.165. The van der Waals surface area contributed by atoms with Gasteiger partial charge in [-0.1, -0.05) is 6.07 Å². The van der Waals surface area contributed by atoms with Gasteiger partial charge in [0, 0.05) is 33.2 Å². The van der Waals surface area contributed by atoms with Crippen molar-refractivity contribution >= 4 is 16.7 Å². The Morgan fingerprint density at radius 1 is 1.20 bits per heavy atom. The van der Waals surface area contributed by atoms with E-state index in [2.05, 4.69) is 10.3 Å². The predicted octanol–water partition coefficient (Wildman–Crippen LogP) is 2.06. The molecule has 0 saturated heterocycles. The van der Waals surface area contributed by atoms with Crippen LogP contribution in [0.1, 0.15) is 21.7 Å². The SMILES string of the molecule is Cc1cccc(CNC(=O)c2ccc(S(C)=O)cc2)n1. The van der Waals surface area contributed by atoms with Crippen LogP contribution in [-0.4, -0.2) is 21.4 Å². The van der Waals surface area contributed by atoms with Gasteiger partial charge in [0.2, 0.25) is 0 Å². The molecule has 0 radical (unpaired) electrons. The largest absolute Gasteiger partial charge is 0.346 e. The van der Waals surface area contributed by atoms with Crippen molar-refractivity contribution in [1.82, 2.24) is 10.3 Å². The maximum absolute atomic E-state index is 12.0. The van der Waals surface area contributed by atoms with Gasteiger partial charge in [0.05, 0.1) is 12.2 Å². The molecule has 1 atom stereocenters. The van der Waals surface area contributed by atoms with Gasteiger partial charge in [-0.25, -0.2) is 0 Å². The van der Waals surface area contributed by atoms with Gasteiger partial charge >= 0.3 is 0 Å². The number of hydrogen-bond acceptors (Lipinski definition) is 3. The van der Waals surface area contributed by atoms with E-state index < -0.39 is 10.8 Å². The maximum Gasteiger partial charge on any atom is 0.251 e. The number of amides is 1. The van der Waals surface area contributed by atoms with Gasteiger partial charge in [0.25, 0.3) is 5.91 Å². The first-order valence-electron chi connectivity index (χ1n) is 6.20. The van der Waals surface area contributed by atoms with E-state index in [4.69, 9.17) is 0 Å². The molecule has 0 spiro atoms. The molecule has 1 heterocycles. The van der Waals surface area contributed by atoms with E-state index in [0.29, 0.717) is 17.0 Å². The Bertz CT molecular complexity index is 639. The molecular formula is C15H16N2O2S. The summed E-state index contributed by atoms with van der Waals surface area (Å²) in [5.41, 5.74) is 2.29. The molecule has 0 bridgehead atoms.